The molecule has 1 aromatic rings. The lowest BCUT2D eigenvalue weighted by Gasteiger charge is -1.98. The topological polar surface area (TPSA) is 59.9 Å². The first-order chi connectivity index (χ1) is 6.08. The maximum Gasteiger partial charge on any atom is 0.191 e. The van der Waals surface area contributed by atoms with E-state index in [1.165, 1.54) is 0 Å². The molecule has 6 heteroatoms. The van der Waals surface area contributed by atoms with Crippen molar-refractivity contribution in [2.45, 2.75) is 30.9 Å². The summed E-state index contributed by atoms with van der Waals surface area (Å²) in [5.74, 6) is 0.203. The monoisotopic (exact) mass is 220 g/mol. The molecule has 0 fully saturated rings. The first-order valence-corrected chi connectivity index (χ1v) is 6.52. The molecule has 0 aromatic carbocycles. The summed E-state index contributed by atoms with van der Waals surface area (Å²) < 4.78 is 27.1. The molecule has 74 valence electrons. The fraction of sp³-hybridized carbons (Fsp3) is 0.714. The second-order valence-electron chi connectivity index (χ2n) is 2.82. The van der Waals surface area contributed by atoms with Crippen molar-refractivity contribution in [2.24, 2.45) is 0 Å². The lowest BCUT2D eigenvalue weighted by Crippen LogP contribution is -2.06. The molecule has 0 N–H and O–H groups in total. The molecule has 0 amide bonds. The Morgan fingerprint density at radius 1 is 1.46 bits per heavy atom. The van der Waals surface area contributed by atoms with Crippen molar-refractivity contribution < 1.29 is 8.42 Å². The van der Waals surface area contributed by atoms with Gasteiger partial charge in [-0.15, -0.1) is 5.10 Å². The van der Waals surface area contributed by atoms with Gasteiger partial charge < -0.3 is 0 Å². The molecule has 0 aliphatic heterocycles. The van der Waals surface area contributed by atoms with Crippen LogP contribution in [-0.4, -0.2) is 23.8 Å². The number of aromatic nitrogens is 2. The predicted molar refractivity (Wildman–Crippen MR) is 51.6 cm³/mol. The van der Waals surface area contributed by atoms with E-state index in [0.717, 1.165) is 18.0 Å². The van der Waals surface area contributed by atoms with Gasteiger partial charge in [-0.2, -0.15) is 0 Å². The highest BCUT2D eigenvalue weighted by molar-refractivity contribution is 7.93. The van der Waals surface area contributed by atoms with Crippen LogP contribution in [-0.2, 0) is 9.84 Å². The zero-order valence-corrected chi connectivity index (χ0v) is 9.28. The Balaban J connectivity index is 2.88. The van der Waals surface area contributed by atoms with Crippen LogP contribution in [0.5, 0.6) is 0 Å². The van der Waals surface area contributed by atoms with E-state index in [-0.39, 0.29) is 5.75 Å². The predicted octanol–water partition coefficient (Wildman–Crippen LogP) is 1.42. The van der Waals surface area contributed by atoms with Crippen molar-refractivity contribution in [1.82, 2.24) is 9.59 Å². The lowest BCUT2D eigenvalue weighted by atomic mass is 10.4. The Morgan fingerprint density at radius 3 is 2.62 bits per heavy atom. The van der Waals surface area contributed by atoms with Crippen molar-refractivity contribution in [1.29, 1.82) is 0 Å². The molecule has 0 radical (unpaired) electrons. The Hall–Kier alpha value is -0.490. The molecule has 1 rings (SSSR count). The lowest BCUT2D eigenvalue weighted by molar-refractivity contribution is 0.594. The summed E-state index contributed by atoms with van der Waals surface area (Å²) >= 11 is 0.958. The van der Waals surface area contributed by atoms with Crippen LogP contribution in [0.2, 0.25) is 0 Å². The van der Waals surface area contributed by atoms with Crippen LogP contribution in [0.3, 0.4) is 0 Å². The highest BCUT2D eigenvalue weighted by Crippen LogP contribution is 2.19. The van der Waals surface area contributed by atoms with Crippen LogP contribution in [0, 0.1) is 6.92 Å². The van der Waals surface area contributed by atoms with Crippen LogP contribution in [0.15, 0.2) is 4.21 Å². The molecule has 0 aliphatic carbocycles. The molecular weight excluding hydrogens is 208 g/mol. The molecular formula is C7H12N2O2S2. The molecule has 4 nitrogen and oxygen atoms in total. The van der Waals surface area contributed by atoms with E-state index >= 15 is 0 Å². The summed E-state index contributed by atoms with van der Waals surface area (Å²) in [6, 6.07) is 0. The van der Waals surface area contributed by atoms with Crippen molar-refractivity contribution in [3.63, 3.8) is 0 Å². The van der Waals surface area contributed by atoms with Gasteiger partial charge in [0.2, 0.25) is 0 Å². The quantitative estimate of drug-likeness (QED) is 0.770. The summed E-state index contributed by atoms with van der Waals surface area (Å²) in [7, 11) is -3.12. The van der Waals surface area contributed by atoms with Gasteiger partial charge in [-0.25, -0.2) is 8.42 Å². The maximum absolute atomic E-state index is 11.6. The number of hydrogen-bond donors (Lipinski definition) is 0. The Bertz CT molecular complexity index is 370. The second kappa shape index (κ2) is 4.15. The van der Waals surface area contributed by atoms with Crippen molar-refractivity contribution in [3.05, 3.63) is 5.69 Å². The van der Waals surface area contributed by atoms with E-state index < -0.39 is 9.84 Å². The molecule has 0 saturated heterocycles. The van der Waals surface area contributed by atoms with Gasteiger partial charge >= 0.3 is 0 Å². The van der Waals surface area contributed by atoms with Crippen molar-refractivity contribution in [3.8, 4) is 0 Å². The minimum atomic E-state index is -3.12. The molecule has 0 unspecified atom stereocenters. The summed E-state index contributed by atoms with van der Waals surface area (Å²) in [5, 5.41) is 3.68. The van der Waals surface area contributed by atoms with Crippen LogP contribution in [0.1, 0.15) is 25.5 Å². The molecule has 0 saturated carbocycles. The Morgan fingerprint density at radius 2 is 2.15 bits per heavy atom. The molecule has 0 spiro atoms. The fourth-order valence-corrected chi connectivity index (χ4v) is 3.49. The van der Waals surface area contributed by atoms with Crippen LogP contribution < -0.4 is 0 Å². The average Bonchev–Trinajstić information content (AvgIpc) is 2.48. The van der Waals surface area contributed by atoms with E-state index in [0.29, 0.717) is 16.3 Å². The number of aryl methyl sites for hydroxylation is 1. The largest absolute Gasteiger partial charge is 0.223 e. The van der Waals surface area contributed by atoms with Crippen LogP contribution in [0.25, 0.3) is 0 Å². The Kier molecular flexibility index (Phi) is 3.38. The second-order valence-corrected chi connectivity index (χ2v) is 5.88. The van der Waals surface area contributed by atoms with Crippen molar-refractivity contribution in [2.75, 3.05) is 5.75 Å². The average molecular weight is 220 g/mol. The van der Waals surface area contributed by atoms with Crippen molar-refractivity contribution >= 4 is 21.4 Å². The molecule has 0 bridgehead atoms. The first kappa shape index (κ1) is 10.6. The molecule has 0 aliphatic rings. The molecule has 1 heterocycles. The Labute approximate surface area is 82.1 Å². The minimum Gasteiger partial charge on any atom is -0.223 e. The first-order valence-electron chi connectivity index (χ1n) is 4.09. The van der Waals surface area contributed by atoms with Gasteiger partial charge in [-0.1, -0.05) is 17.8 Å². The van der Waals surface area contributed by atoms with Gasteiger partial charge in [0.25, 0.3) is 0 Å². The SMILES string of the molecule is CCCCS(=O)(=O)c1snnc1C. The van der Waals surface area contributed by atoms with Crippen LogP contribution >= 0.6 is 11.5 Å². The van der Waals surface area contributed by atoms with Crippen LogP contribution in [0.4, 0.5) is 0 Å². The van der Waals surface area contributed by atoms with E-state index in [4.69, 9.17) is 0 Å². The smallest absolute Gasteiger partial charge is 0.191 e. The number of unbranched alkanes of at least 4 members (excludes halogenated alkanes) is 1. The highest BCUT2D eigenvalue weighted by Gasteiger charge is 2.19. The van der Waals surface area contributed by atoms with Gasteiger partial charge in [-0.3, -0.25) is 0 Å². The zero-order chi connectivity index (χ0) is 9.90. The fourth-order valence-electron chi connectivity index (χ4n) is 0.934. The maximum atomic E-state index is 11.6. The van der Waals surface area contributed by atoms with E-state index in [1.807, 2.05) is 6.92 Å². The van der Waals surface area contributed by atoms with Gasteiger partial charge in [0.15, 0.2) is 14.0 Å². The van der Waals surface area contributed by atoms with E-state index in [9.17, 15) is 8.42 Å². The molecule has 1 aromatic heterocycles. The number of hydrogen-bond acceptors (Lipinski definition) is 5. The van der Waals surface area contributed by atoms with Gasteiger partial charge in [0.05, 0.1) is 11.4 Å². The van der Waals surface area contributed by atoms with Gasteiger partial charge in [0.1, 0.15) is 0 Å². The molecule has 13 heavy (non-hydrogen) atoms. The molecule has 0 atom stereocenters. The zero-order valence-electron chi connectivity index (χ0n) is 7.65. The summed E-state index contributed by atoms with van der Waals surface area (Å²) in [6.07, 6.45) is 1.57. The number of sulfone groups is 1. The van der Waals surface area contributed by atoms with Gasteiger partial charge in [-0.05, 0) is 13.3 Å². The minimum absolute atomic E-state index is 0.203. The normalized spacial score (nSPS) is 11.8. The van der Waals surface area contributed by atoms with E-state index in [1.54, 1.807) is 6.92 Å². The summed E-state index contributed by atoms with van der Waals surface area (Å²) in [5.41, 5.74) is 0.515. The summed E-state index contributed by atoms with van der Waals surface area (Å²) in [6.45, 7) is 3.63. The third-order valence-electron chi connectivity index (χ3n) is 1.66. The highest BCUT2D eigenvalue weighted by atomic mass is 32.2. The van der Waals surface area contributed by atoms with E-state index in [2.05, 4.69) is 9.59 Å². The standard InChI is InChI=1S/C7H12N2O2S2/c1-3-4-5-13(10,11)7-6(2)8-9-12-7/h3-5H2,1-2H3. The number of rotatable bonds is 4. The number of nitrogens with zero attached hydrogens (tertiary/aromatic N) is 2. The van der Waals surface area contributed by atoms with Gasteiger partial charge in [0, 0.05) is 11.5 Å². The third-order valence-corrected chi connectivity index (χ3v) is 4.96. The summed E-state index contributed by atoms with van der Waals surface area (Å²) in [4.78, 5) is 0. The third kappa shape index (κ3) is 2.47.